The molecule has 8 nitrogen and oxygen atoms in total. The number of aromatic amines is 1. The molecular formula is C22H22N2O6. The van der Waals surface area contributed by atoms with Crippen LogP contribution in [-0.4, -0.2) is 50.8 Å². The SMILES string of the molecule is C#CCO[C@]1(C#CCc2ccccc2)[C@@H](CO)O[C@@H](n2cc(C)c(=O)[nH]c2=O)[C@@H]1O. The molecule has 3 N–H and O–H groups in total. The van der Waals surface area contributed by atoms with Gasteiger partial charge in [-0.3, -0.25) is 14.3 Å². The molecule has 3 rings (SSSR count). The maximum Gasteiger partial charge on any atom is 0.330 e. The van der Waals surface area contributed by atoms with Crippen molar-refractivity contribution >= 4 is 0 Å². The van der Waals surface area contributed by atoms with Gasteiger partial charge >= 0.3 is 5.69 Å². The number of benzene rings is 1. The monoisotopic (exact) mass is 410 g/mol. The number of aromatic nitrogens is 2. The van der Waals surface area contributed by atoms with Crippen molar-refractivity contribution in [2.45, 2.75) is 37.4 Å². The Morgan fingerprint density at radius 2 is 2.07 bits per heavy atom. The number of rotatable bonds is 5. The summed E-state index contributed by atoms with van der Waals surface area (Å²) in [4.78, 5) is 26.1. The van der Waals surface area contributed by atoms with Gasteiger partial charge < -0.3 is 19.7 Å². The number of nitrogens with one attached hydrogen (secondary N) is 1. The Morgan fingerprint density at radius 1 is 1.33 bits per heavy atom. The average molecular weight is 410 g/mol. The van der Waals surface area contributed by atoms with E-state index in [9.17, 15) is 19.8 Å². The minimum Gasteiger partial charge on any atom is -0.394 e. The van der Waals surface area contributed by atoms with Crippen molar-refractivity contribution < 1.29 is 19.7 Å². The van der Waals surface area contributed by atoms with Crippen LogP contribution in [0.2, 0.25) is 0 Å². The molecule has 2 heterocycles. The van der Waals surface area contributed by atoms with Gasteiger partial charge in [-0.2, -0.15) is 0 Å². The number of aryl methyl sites for hydroxylation is 1. The van der Waals surface area contributed by atoms with Crippen LogP contribution in [0.3, 0.4) is 0 Å². The highest BCUT2D eigenvalue weighted by atomic mass is 16.6. The molecule has 1 aromatic heterocycles. The Kier molecular flexibility index (Phi) is 6.56. The number of hydrogen-bond acceptors (Lipinski definition) is 6. The van der Waals surface area contributed by atoms with E-state index in [-0.39, 0.29) is 12.2 Å². The van der Waals surface area contributed by atoms with Gasteiger partial charge in [0.15, 0.2) is 11.8 Å². The summed E-state index contributed by atoms with van der Waals surface area (Å²) in [6.07, 6.45) is 3.19. The molecule has 0 spiro atoms. The van der Waals surface area contributed by atoms with Gasteiger partial charge in [-0.05, 0) is 12.5 Å². The topological polar surface area (TPSA) is 114 Å². The zero-order valence-corrected chi connectivity index (χ0v) is 16.4. The fraction of sp³-hybridized carbons (Fsp3) is 0.364. The zero-order valence-electron chi connectivity index (χ0n) is 16.4. The molecule has 1 fully saturated rings. The molecule has 1 aliphatic heterocycles. The van der Waals surface area contributed by atoms with Gasteiger partial charge in [-0.1, -0.05) is 48.1 Å². The van der Waals surface area contributed by atoms with E-state index in [1.165, 1.54) is 13.1 Å². The summed E-state index contributed by atoms with van der Waals surface area (Å²) in [7, 11) is 0. The Hall–Kier alpha value is -3.14. The number of aliphatic hydroxyl groups is 2. The van der Waals surface area contributed by atoms with E-state index in [2.05, 4.69) is 22.7 Å². The minimum atomic E-state index is -1.66. The minimum absolute atomic E-state index is 0.191. The second-order valence-corrected chi connectivity index (χ2v) is 6.87. The molecule has 0 bridgehead atoms. The predicted molar refractivity (Wildman–Crippen MR) is 109 cm³/mol. The van der Waals surface area contributed by atoms with Crippen molar-refractivity contribution in [2.24, 2.45) is 0 Å². The number of nitrogens with zero attached hydrogens (tertiary/aromatic N) is 1. The molecule has 0 amide bonds. The number of aliphatic hydroxyl groups excluding tert-OH is 2. The van der Waals surface area contributed by atoms with E-state index in [0.29, 0.717) is 6.42 Å². The van der Waals surface area contributed by atoms with Gasteiger partial charge in [0, 0.05) is 18.2 Å². The molecule has 1 aromatic carbocycles. The Morgan fingerprint density at radius 3 is 2.73 bits per heavy atom. The molecule has 156 valence electrons. The second-order valence-electron chi connectivity index (χ2n) is 6.87. The first kappa shape index (κ1) is 21.6. The third kappa shape index (κ3) is 4.09. The van der Waals surface area contributed by atoms with E-state index in [0.717, 1.165) is 10.1 Å². The molecule has 0 unspecified atom stereocenters. The maximum atomic E-state index is 12.3. The van der Waals surface area contributed by atoms with Gasteiger partial charge in [0.2, 0.25) is 0 Å². The molecule has 2 aromatic rings. The first-order valence-electron chi connectivity index (χ1n) is 9.30. The number of hydrogen-bond donors (Lipinski definition) is 3. The highest BCUT2D eigenvalue weighted by Gasteiger charge is 2.57. The standard InChI is InChI=1S/C22H22N2O6/c1-3-12-29-22(11-7-10-16-8-5-4-6-9-16)17(14-25)30-20(18(22)26)24-13-15(2)19(27)23-21(24)28/h1,4-6,8-9,13,17-18,20,25-26H,10,12,14H2,2H3,(H,23,27,28)/t17-,18+,20-,22-/m1/s1. The summed E-state index contributed by atoms with van der Waals surface area (Å²) in [5.74, 6) is 8.16. The Balaban J connectivity index is 2.01. The molecular weight excluding hydrogens is 388 g/mol. The number of ether oxygens (including phenoxy) is 2. The largest absolute Gasteiger partial charge is 0.394 e. The van der Waals surface area contributed by atoms with Crippen LogP contribution < -0.4 is 11.2 Å². The zero-order chi connectivity index (χ0) is 21.7. The fourth-order valence-electron chi connectivity index (χ4n) is 3.33. The van der Waals surface area contributed by atoms with E-state index < -0.39 is 41.9 Å². The maximum absolute atomic E-state index is 12.3. The van der Waals surface area contributed by atoms with Crippen LogP contribution in [0.5, 0.6) is 0 Å². The van der Waals surface area contributed by atoms with Crippen molar-refractivity contribution in [1.29, 1.82) is 0 Å². The van der Waals surface area contributed by atoms with Crippen LogP contribution in [0.4, 0.5) is 0 Å². The van der Waals surface area contributed by atoms with Crippen LogP contribution in [0, 0.1) is 31.1 Å². The molecule has 0 saturated carbocycles. The molecule has 0 radical (unpaired) electrons. The van der Waals surface area contributed by atoms with Crippen molar-refractivity contribution in [3.63, 3.8) is 0 Å². The van der Waals surface area contributed by atoms with Gasteiger partial charge in [-0.15, -0.1) is 6.42 Å². The summed E-state index contributed by atoms with van der Waals surface area (Å²) in [5, 5.41) is 21.0. The highest BCUT2D eigenvalue weighted by molar-refractivity contribution is 5.28. The summed E-state index contributed by atoms with van der Waals surface area (Å²) < 4.78 is 12.5. The Bertz CT molecular complexity index is 1100. The van der Waals surface area contributed by atoms with Crippen LogP contribution in [0.15, 0.2) is 46.1 Å². The van der Waals surface area contributed by atoms with Crippen LogP contribution in [-0.2, 0) is 15.9 Å². The van der Waals surface area contributed by atoms with Crippen LogP contribution in [0.1, 0.15) is 17.4 Å². The van der Waals surface area contributed by atoms with Crippen molar-refractivity contribution in [3.8, 4) is 24.2 Å². The van der Waals surface area contributed by atoms with E-state index in [4.69, 9.17) is 15.9 Å². The molecule has 0 aliphatic carbocycles. The third-order valence-electron chi connectivity index (χ3n) is 4.89. The normalized spacial score (nSPS) is 25.3. The predicted octanol–water partition coefficient (Wildman–Crippen LogP) is -0.270. The fourth-order valence-corrected chi connectivity index (χ4v) is 3.33. The van der Waals surface area contributed by atoms with E-state index in [1.807, 2.05) is 30.3 Å². The lowest BCUT2D eigenvalue weighted by Crippen LogP contribution is -2.51. The summed E-state index contributed by atoms with van der Waals surface area (Å²) in [6.45, 7) is 0.791. The van der Waals surface area contributed by atoms with Crippen LogP contribution in [0.25, 0.3) is 0 Å². The van der Waals surface area contributed by atoms with Gasteiger partial charge in [0.05, 0.1) is 6.61 Å². The molecule has 30 heavy (non-hydrogen) atoms. The van der Waals surface area contributed by atoms with Crippen molar-refractivity contribution in [1.82, 2.24) is 9.55 Å². The summed E-state index contributed by atoms with van der Waals surface area (Å²) in [5.41, 5.74) is -1.76. The molecule has 8 heteroatoms. The molecule has 4 atom stereocenters. The molecule has 1 aliphatic rings. The second kappa shape index (κ2) is 9.12. The lowest BCUT2D eigenvalue weighted by molar-refractivity contribution is -0.0899. The number of H-pyrrole nitrogens is 1. The smallest absolute Gasteiger partial charge is 0.330 e. The van der Waals surface area contributed by atoms with E-state index in [1.54, 1.807) is 0 Å². The lowest BCUT2D eigenvalue weighted by Gasteiger charge is -2.30. The first-order chi connectivity index (χ1) is 14.4. The lowest BCUT2D eigenvalue weighted by atomic mass is 9.92. The van der Waals surface area contributed by atoms with E-state index >= 15 is 0 Å². The molecule has 1 saturated heterocycles. The quantitative estimate of drug-likeness (QED) is 0.585. The van der Waals surface area contributed by atoms with Gasteiger partial charge in [-0.25, -0.2) is 4.79 Å². The third-order valence-corrected chi connectivity index (χ3v) is 4.89. The number of terminal acetylenes is 1. The average Bonchev–Trinajstić information content (AvgIpc) is 3.02. The van der Waals surface area contributed by atoms with Gasteiger partial charge in [0.25, 0.3) is 5.56 Å². The summed E-state index contributed by atoms with van der Waals surface area (Å²) in [6, 6.07) is 9.46. The van der Waals surface area contributed by atoms with Crippen LogP contribution >= 0.6 is 0 Å². The van der Waals surface area contributed by atoms with Crippen molar-refractivity contribution in [3.05, 3.63) is 68.5 Å². The highest BCUT2D eigenvalue weighted by Crippen LogP contribution is 2.39. The summed E-state index contributed by atoms with van der Waals surface area (Å²) >= 11 is 0. The Labute approximate surface area is 173 Å². The van der Waals surface area contributed by atoms with Gasteiger partial charge in [0.1, 0.15) is 18.8 Å². The van der Waals surface area contributed by atoms with Crippen molar-refractivity contribution in [2.75, 3.05) is 13.2 Å². The first-order valence-corrected chi connectivity index (χ1v) is 9.30.